The zero-order valence-corrected chi connectivity index (χ0v) is 20.2. The molecule has 9 nitrogen and oxygen atoms in total. The van der Waals surface area contributed by atoms with Crippen LogP contribution in [0.3, 0.4) is 0 Å². The highest BCUT2D eigenvalue weighted by atomic mass is 32.2. The lowest BCUT2D eigenvalue weighted by Crippen LogP contribution is -2.49. The van der Waals surface area contributed by atoms with Crippen molar-refractivity contribution >= 4 is 21.8 Å². The van der Waals surface area contributed by atoms with E-state index in [4.69, 9.17) is 9.47 Å². The Kier molecular flexibility index (Phi) is 7.08. The average molecular weight is 488 g/mol. The summed E-state index contributed by atoms with van der Waals surface area (Å²) < 4.78 is 39.1. The molecule has 0 spiro atoms. The van der Waals surface area contributed by atoms with Crippen molar-refractivity contribution in [3.63, 3.8) is 0 Å². The largest absolute Gasteiger partial charge is 0.486 e. The van der Waals surface area contributed by atoms with Gasteiger partial charge in [0.05, 0.1) is 11.4 Å². The number of hydrogen-bond acceptors (Lipinski definition) is 6. The molecule has 0 saturated carbocycles. The second-order valence-corrected chi connectivity index (χ2v) is 10.2. The predicted octanol–water partition coefficient (Wildman–Crippen LogP) is 1.84. The highest BCUT2D eigenvalue weighted by Crippen LogP contribution is 2.31. The van der Waals surface area contributed by atoms with Crippen molar-refractivity contribution in [2.24, 2.45) is 0 Å². The smallest absolute Gasteiger partial charge is 0.253 e. The van der Waals surface area contributed by atoms with Crippen LogP contribution < -0.4 is 9.47 Å². The van der Waals surface area contributed by atoms with E-state index in [-0.39, 0.29) is 35.9 Å². The molecule has 2 heterocycles. The lowest BCUT2D eigenvalue weighted by molar-refractivity contribution is -0.129. The molecule has 0 aromatic heterocycles. The van der Waals surface area contributed by atoms with Crippen molar-refractivity contribution < 1.29 is 27.5 Å². The second-order valence-electron chi connectivity index (χ2n) is 8.28. The minimum absolute atomic E-state index is 0.0604. The average Bonchev–Trinajstić information content (AvgIpc) is 2.87. The third-order valence-corrected chi connectivity index (χ3v) is 8.00. The minimum atomic E-state index is -3.70. The van der Waals surface area contributed by atoms with Gasteiger partial charge in [-0.2, -0.15) is 4.31 Å². The van der Waals surface area contributed by atoms with Gasteiger partial charge >= 0.3 is 0 Å². The number of rotatable bonds is 6. The van der Waals surface area contributed by atoms with Gasteiger partial charge in [0.1, 0.15) is 6.61 Å². The molecular weight excluding hydrogens is 458 g/mol. The maximum atomic E-state index is 13.1. The summed E-state index contributed by atoms with van der Waals surface area (Å²) in [7, 11) is -3.70. The summed E-state index contributed by atoms with van der Waals surface area (Å²) in [5, 5.41) is 0. The summed E-state index contributed by atoms with van der Waals surface area (Å²) in [4.78, 5) is 28.0. The number of benzene rings is 2. The van der Waals surface area contributed by atoms with Crippen LogP contribution in [-0.2, 0) is 14.8 Å². The first kappa shape index (κ1) is 24.0. The number of ether oxygens (including phenoxy) is 2. The van der Waals surface area contributed by atoms with Crippen LogP contribution in [0.1, 0.15) is 24.2 Å². The Morgan fingerprint density at radius 3 is 2.26 bits per heavy atom. The normalized spacial score (nSPS) is 18.4. The van der Waals surface area contributed by atoms with Crippen LogP contribution >= 0.6 is 0 Å². The molecule has 34 heavy (non-hydrogen) atoms. The topological polar surface area (TPSA) is 96.5 Å². The number of amides is 2. The van der Waals surface area contributed by atoms with Crippen molar-refractivity contribution in [1.82, 2.24) is 14.1 Å². The van der Waals surface area contributed by atoms with E-state index in [0.717, 1.165) is 0 Å². The third-order valence-electron chi connectivity index (χ3n) is 6.08. The molecule has 1 saturated heterocycles. The van der Waals surface area contributed by atoms with Crippen LogP contribution in [0.25, 0.3) is 0 Å². The summed E-state index contributed by atoms with van der Waals surface area (Å²) in [6.45, 7) is 5.76. The monoisotopic (exact) mass is 487 g/mol. The molecule has 2 amide bonds. The zero-order valence-electron chi connectivity index (χ0n) is 19.3. The van der Waals surface area contributed by atoms with Gasteiger partial charge in [-0.3, -0.25) is 9.59 Å². The Bertz CT molecular complexity index is 1140. The summed E-state index contributed by atoms with van der Waals surface area (Å²) in [6, 6.07) is 13.4. The van der Waals surface area contributed by atoms with E-state index in [0.29, 0.717) is 49.8 Å². The lowest BCUT2D eigenvalue weighted by atomic mass is 10.2. The molecule has 2 aliphatic rings. The van der Waals surface area contributed by atoms with E-state index in [2.05, 4.69) is 0 Å². The van der Waals surface area contributed by atoms with Crippen LogP contribution in [0.15, 0.2) is 53.4 Å². The van der Waals surface area contributed by atoms with Crippen LogP contribution in [-0.4, -0.2) is 86.3 Å². The Morgan fingerprint density at radius 2 is 1.65 bits per heavy atom. The molecule has 2 aromatic carbocycles. The van der Waals surface area contributed by atoms with Gasteiger partial charge in [-0.05, 0) is 43.3 Å². The van der Waals surface area contributed by atoms with Crippen molar-refractivity contribution in [3.05, 3.63) is 54.1 Å². The number of carbonyl (C=O) groups excluding carboxylic acids is 2. The number of fused-ring (bicyclic) bond motifs is 1. The van der Waals surface area contributed by atoms with Crippen molar-refractivity contribution in [1.29, 1.82) is 0 Å². The van der Waals surface area contributed by atoms with Crippen LogP contribution in [0.4, 0.5) is 0 Å². The van der Waals surface area contributed by atoms with Gasteiger partial charge in [-0.1, -0.05) is 12.1 Å². The van der Waals surface area contributed by atoms with Gasteiger partial charge in [0, 0.05) is 45.2 Å². The van der Waals surface area contributed by atoms with E-state index in [1.807, 2.05) is 31.2 Å². The molecule has 0 aliphatic carbocycles. The Morgan fingerprint density at radius 1 is 1.00 bits per heavy atom. The van der Waals surface area contributed by atoms with E-state index >= 15 is 0 Å². The molecule has 0 radical (unpaired) electrons. The fourth-order valence-corrected chi connectivity index (χ4v) is 5.52. The number of carbonyl (C=O) groups is 2. The van der Waals surface area contributed by atoms with Gasteiger partial charge in [0.15, 0.2) is 17.6 Å². The van der Waals surface area contributed by atoms with Crippen LogP contribution in [0.5, 0.6) is 11.5 Å². The molecule has 0 bridgehead atoms. The summed E-state index contributed by atoms with van der Waals surface area (Å²) in [5.74, 6) is 1.08. The van der Waals surface area contributed by atoms with Gasteiger partial charge < -0.3 is 19.3 Å². The van der Waals surface area contributed by atoms with Crippen LogP contribution in [0.2, 0.25) is 0 Å². The molecule has 10 heteroatoms. The van der Waals surface area contributed by atoms with E-state index < -0.39 is 10.0 Å². The highest BCUT2D eigenvalue weighted by molar-refractivity contribution is 7.89. The van der Waals surface area contributed by atoms with E-state index in [9.17, 15) is 18.0 Å². The quantitative estimate of drug-likeness (QED) is 0.617. The first-order valence-electron chi connectivity index (χ1n) is 11.3. The molecular formula is C24H29N3O6S. The van der Waals surface area contributed by atoms with Crippen molar-refractivity contribution in [3.8, 4) is 11.5 Å². The fraction of sp³-hybridized carbons (Fsp3) is 0.417. The summed E-state index contributed by atoms with van der Waals surface area (Å²) in [6.07, 6.45) is -0.299. The van der Waals surface area contributed by atoms with Gasteiger partial charge in [0.2, 0.25) is 15.9 Å². The van der Waals surface area contributed by atoms with Crippen molar-refractivity contribution in [2.75, 3.05) is 45.9 Å². The Balaban J connectivity index is 1.40. The number of likely N-dealkylation sites (N-methyl/N-ethyl adjacent to an activating group) is 1. The highest BCUT2D eigenvalue weighted by Gasteiger charge is 2.30. The molecule has 182 valence electrons. The van der Waals surface area contributed by atoms with E-state index in [1.165, 1.54) is 35.5 Å². The summed E-state index contributed by atoms with van der Waals surface area (Å²) >= 11 is 0. The zero-order chi connectivity index (χ0) is 24.3. The number of nitrogens with zero attached hydrogens (tertiary/aromatic N) is 3. The number of piperazine rings is 1. The second kappa shape index (κ2) is 10.0. The third kappa shape index (κ3) is 5.02. The molecule has 0 N–H and O–H groups in total. The number of hydrogen-bond donors (Lipinski definition) is 0. The standard InChI is InChI=1S/C24H29N3O6S/c1-3-25(16-20-17-32-22-6-4-5-7-23(22)33-20)24(29)19-8-10-21(11-9-19)34(30,31)27-14-12-26(13-15-27)18(2)28/h4-11,20H,3,12-17H2,1-2H3. The SMILES string of the molecule is CCN(CC1COc2ccccc2O1)C(=O)c1ccc(S(=O)(=O)N2CCN(C(C)=O)CC2)cc1. The maximum absolute atomic E-state index is 13.1. The molecule has 2 aliphatic heterocycles. The molecule has 2 aromatic rings. The first-order chi connectivity index (χ1) is 16.3. The molecule has 4 rings (SSSR count). The van der Waals surface area contributed by atoms with Crippen molar-refractivity contribution in [2.45, 2.75) is 24.8 Å². The number of para-hydroxylation sites is 2. The summed E-state index contributed by atoms with van der Waals surface area (Å²) in [5.41, 5.74) is 0.402. The fourth-order valence-electron chi connectivity index (χ4n) is 4.10. The number of sulfonamides is 1. The first-order valence-corrected chi connectivity index (χ1v) is 12.8. The molecule has 1 fully saturated rings. The maximum Gasteiger partial charge on any atom is 0.253 e. The molecule has 1 unspecified atom stereocenters. The Labute approximate surface area is 199 Å². The lowest BCUT2D eigenvalue weighted by Gasteiger charge is -2.33. The molecule has 1 atom stereocenters. The predicted molar refractivity (Wildman–Crippen MR) is 125 cm³/mol. The van der Waals surface area contributed by atoms with Gasteiger partial charge in [0.25, 0.3) is 5.91 Å². The van der Waals surface area contributed by atoms with Gasteiger partial charge in [-0.25, -0.2) is 8.42 Å². The minimum Gasteiger partial charge on any atom is -0.486 e. The van der Waals surface area contributed by atoms with Crippen LogP contribution in [0, 0.1) is 0 Å². The van der Waals surface area contributed by atoms with E-state index in [1.54, 1.807) is 9.80 Å². The Hall–Kier alpha value is -3.11. The van der Waals surface area contributed by atoms with Gasteiger partial charge in [-0.15, -0.1) is 0 Å².